The largest absolute Gasteiger partial charge is 0.497 e. The highest BCUT2D eigenvalue weighted by Gasteiger charge is 2.16. The van der Waals surface area contributed by atoms with Gasteiger partial charge in [-0.2, -0.15) is 0 Å². The fraction of sp³-hybridized carbons (Fsp3) is 0.0588. The topological polar surface area (TPSA) is 68.5 Å². The van der Waals surface area contributed by atoms with Crippen molar-refractivity contribution in [1.82, 2.24) is 0 Å². The van der Waals surface area contributed by atoms with Gasteiger partial charge in [0.15, 0.2) is 0 Å². The number of benzene rings is 2. The summed E-state index contributed by atoms with van der Waals surface area (Å²) >= 11 is 0. The van der Waals surface area contributed by atoms with Crippen LogP contribution in [-0.2, 0) is 0 Å². The van der Waals surface area contributed by atoms with Gasteiger partial charge in [0, 0.05) is 11.5 Å². The van der Waals surface area contributed by atoms with Crippen molar-refractivity contribution in [3.8, 4) is 5.75 Å². The molecule has 0 saturated carbocycles. The van der Waals surface area contributed by atoms with Gasteiger partial charge < -0.3 is 14.5 Å². The summed E-state index contributed by atoms with van der Waals surface area (Å²) in [5, 5.41) is 2.69. The van der Waals surface area contributed by atoms with Crippen molar-refractivity contribution >= 4 is 22.6 Å². The zero-order chi connectivity index (χ0) is 17.3. The quantitative estimate of drug-likeness (QED) is 0.748. The number of ether oxygens (including phenoxy) is 1. The van der Waals surface area contributed by atoms with E-state index >= 15 is 0 Å². The molecule has 24 heavy (non-hydrogen) atoms. The second-order valence-electron chi connectivity index (χ2n) is 4.93. The Morgan fingerprint density at radius 2 is 1.92 bits per heavy atom. The first-order chi connectivity index (χ1) is 11.5. The first kappa shape index (κ1) is 15.7. The van der Waals surface area contributed by atoms with Crippen molar-refractivity contribution in [2.75, 3.05) is 12.4 Å². The molecular formula is C17H11F2NO4. The second kappa shape index (κ2) is 6.11. The van der Waals surface area contributed by atoms with Crippen LogP contribution in [0.1, 0.15) is 10.4 Å². The summed E-state index contributed by atoms with van der Waals surface area (Å²) < 4.78 is 36.6. The molecule has 0 saturated heterocycles. The van der Waals surface area contributed by atoms with E-state index in [-0.39, 0.29) is 16.8 Å². The van der Waals surface area contributed by atoms with E-state index in [0.29, 0.717) is 17.2 Å². The van der Waals surface area contributed by atoms with Gasteiger partial charge in [-0.05, 0) is 36.4 Å². The number of amides is 1. The van der Waals surface area contributed by atoms with E-state index in [0.717, 1.165) is 12.1 Å². The summed E-state index contributed by atoms with van der Waals surface area (Å²) in [6, 6.07) is 8.74. The van der Waals surface area contributed by atoms with Crippen LogP contribution in [0.15, 0.2) is 51.7 Å². The van der Waals surface area contributed by atoms with E-state index in [2.05, 4.69) is 5.32 Å². The molecular weight excluding hydrogens is 320 g/mol. The van der Waals surface area contributed by atoms with Crippen LogP contribution in [0.2, 0.25) is 0 Å². The van der Waals surface area contributed by atoms with Crippen molar-refractivity contribution in [3.63, 3.8) is 0 Å². The minimum Gasteiger partial charge on any atom is -0.497 e. The molecule has 7 heteroatoms. The Morgan fingerprint density at radius 1 is 1.12 bits per heavy atom. The third-order valence-electron chi connectivity index (χ3n) is 3.36. The van der Waals surface area contributed by atoms with Crippen molar-refractivity contribution < 1.29 is 22.7 Å². The highest BCUT2D eigenvalue weighted by Crippen LogP contribution is 2.21. The lowest BCUT2D eigenvalue weighted by Crippen LogP contribution is -2.21. The molecule has 1 aromatic heterocycles. The van der Waals surface area contributed by atoms with Crippen LogP contribution in [-0.4, -0.2) is 13.0 Å². The van der Waals surface area contributed by atoms with Crippen LogP contribution in [0.5, 0.6) is 5.75 Å². The van der Waals surface area contributed by atoms with E-state index in [9.17, 15) is 18.4 Å². The van der Waals surface area contributed by atoms with E-state index < -0.39 is 23.2 Å². The lowest BCUT2D eigenvalue weighted by atomic mass is 10.1. The van der Waals surface area contributed by atoms with E-state index in [1.165, 1.54) is 19.2 Å². The molecule has 0 aliphatic heterocycles. The summed E-state index contributed by atoms with van der Waals surface area (Å²) in [4.78, 5) is 24.2. The maximum atomic E-state index is 13.6. The van der Waals surface area contributed by atoms with E-state index in [1.54, 1.807) is 12.1 Å². The SMILES string of the molecule is COc1ccc2oc(=O)c(C(=O)Nc3ccc(F)cc3F)cc2c1. The van der Waals surface area contributed by atoms with Crippen LogP contribution in [0, 0.1) is 11.6 Å². The molecule has 0 bridgehead atoms. The predicted molar refractivity (Wildman–Crippen MR) is 83.3 cm³/mol. The number of methoxy groups -OCH3 is 1. The molecule has 0 spiro atoms. The predicted octanol–water partition coefficient (Wildman–Crippen LogP) is 3.33. The van der Waals surface area contributed by atoms with E-state index in [4.69, 9.17) is 9.15 Å². The number of halogens is 2. The van der Waals surface area contributed by atoms with Gasteiger partial charge >= 0.3 is 5.63 Å². The average Bonchev–Trinajstić information content (AvgIpc) is 2.56. The first-order valence-corrected chi connectivity index (χ1v) is 6.86. The molecule has 1 heterocycles. The monoisotopic (exact) mass is 331 g/mol. The second-order valence-corrected chi connectivity index (χ2v) is 4.93. The Morgan fingerprint density at radius 3 is 2.62 bits per heavy atom. The number of carbonyl (C=O) groups is 1. The van der Waals surface area contributed by atoms with Gasteiger partial charge in [0.2, 0.25) is 0 Å². The molecule has 3 rings (SSSR count). The zero-order valence-corrected chi connectivity index (χ0v) is 12.4. The number of anilines is 1. The number of carbonyl (C=O) groups excluding carboxylic acids is 1. The number of hydrogen-bond acceptors (Lipinski definition) is 4. The van der Waals surface area contributed by atoms with Gasteiger partial charge in [-0.1, -0.05) is 0 Å². The van der Waals surface area contributed by atoms with Gasteiger partial charge in [-0.25, -0.2) is 13.6 Å². The Hall–Kier alpha value is -3.22. The molecule has 0 unspecified atom stereocenters. The van der Waals surface area contributed by atoms with Crippen molar-refractivity contribution in [1.29, 1.82) is 0 Å². The summed E-state index contributed by atoms with van der Waals surface area (Å²) in [5.41, 5.74) is -1.14. The molecule has 0 aliphatic rings. The molecule has 3 aromatic rings. The van der Waals surface area contributed by atoms with Crippen LogP contribution in [0.4, 0.5) is 14.5 Å². The van der Waals surface area contributed by atoms with Crippen LogP contribution in [0.3, 0.4) is 0 Å². The maximum Gasteiger partial charge on any atom is 0.349 e. The zero-order valence-electron chi connectivity index (χ0n) is 12.4. The Labute approximate surface area is 134 Å². The smallest absolute Gasteiger partial charge is 0.349 e. The number of rotatable bonds is 3. The molecule has 5 nitrogen and oxygen atoms in total. The van der Waals surface area contributed by atoms with Crippen molar-refractivity contribution in [3.05, 3.63) is 70.1 Å². The number of hydrogen-bond donors (Lipinski definition) is 1. The van der Waals surface area contributed by atoms with Gasteiger partial charge in [0.1, 0.15) is 28.5 Å². The first-order valence-electron chi connectivity index (χ1n) is 6.86. The lowest BCUT2D eigenvalue weighted by Gasteiger charge is -2.07. The van der Waals surface area contributed by atoms with Crippen LogP contribution < -0.4 is 15.7 Å². The Bertz CT molecular complexity index is 998. The third kappa shape index (κ3) is 2.96. The minimum atomic E-state index is -0.949. The Balaban J connectivity index is 1.99. The summed E-state index contributed by atoms with van der Waals surface area (Å²) in [6.07, 6.45) is 0. The standard InChI is InChI=1S/C17H11F2NO4/c1-23-11-3-5-15-9(6-11)7-12(17(22)24-15)16(21)20-14-4-2-10(18)8-13(14)19/h2-8H,1H3,(H,20,21). The third-order valence-corrected chi connectivity index (χ3v) is 3.36. The minimum absolute atomic E-state index is 0.244. The molecule has 0 atom stereocenters. The Kier molecular flexibility index (Phi) is 3.99. The molecule has 122 valence electrons. The summed E-state index contributed by atoms with van der Waals surface area (Å²) in [6.45, 7) is 0. The van der Waals surface area contributed by atoms with Gasteiger partial charge in [-0.3, -0.25) is 4.79 Å². The van der Waals surface area contributed by atoms with Gasteiger partial charge in [0.25, 0.3) is 5.91 Å². The van der Waals surface area contributed by atoms with Crippen LogP contribution in [0.25, 0.3) is 11.0 Å². The summed E-state index contributed by atoms with van der Waals surface area (Å²) in [7, 11) is 1.48. The number of fused-ring (bicyclic) bond motifs is 1. The normalized spacial score (nSPS) is 10.6. The fourth-order valence-corrected chi connectivity index (χ4v) is 2.17. The van der Waals surface area contributed by atoms with Gasteiger partial charge in [-0.15, -0.1) is 0 Å². The summed E-state index contributed by atoms with van der Waals surface area (Å²) in [5.74, 6) is -2.07. The lowest BCUT2D eigenvalue weighted by molar-refractivity contribution is 0.102. The fourth-order valence-electron chi connectivity index (χ4n) is 2.17. The highest BCUT2D eigenvalue weighted by molar-refractivity contribution is 6.05. The number of nitrogens with one attached hydrogen (secondary N) is 1. The molecule has 1 amide bonds. The molecule has 0 aliphatic carbocycles. The molecule has 0 fully saturated rings. The maximum absolute atomic E-state index is 13.6. The highest BCUT2D eigenvalue weighted by atomic mass is 19.1. The van der Waals surface area contributed by atoms with Crippen molar-refractivity contribution in [2.24, 2.45) is 0 Å². The van der Waals surface area contributed by atoms with Crippen molar-refractivity contribution in [2.45, 2.75) is 0 Å². The molecule has 0 radical (unpaired) electrons. The average molecular weight is 331 g/mol. The molecule has 2 aromatic carbocycles. The van der Waals surface area contributed by atoms with E-state index in [1.807, 2.05) is 0 Å². The van der Waals surface area contributed by atoms with Crippen LogP contribution >= 0.6 is 0 Å². The van der Waals surface area contributed by atoms with Gasteiger partial charge in [0.05, 0.1) is 12.8 Å². The molecule has 1 N–H and O–H groups in total.